The molecule has 0 aliphatic heterocycles. The molecule has 0 bridgehead atoms. The smallest absolute Gasteiger partial charge is 0.341 e. The van der Waals surface area contributed by atoms with E-state index >= 15 is 0 Å². The van der Waals surface area contributed by atoms with Gasteiger partial charge in [0.1, 0.15) is 5.75 Å². The minimum atomic E-state index is -1.66. The molecular weight excluding hydrogens is 479 g/mol. The van der Waals surface area contributed by atoms with Crippen LogP contribution < -0.4 is 4.74 Å². The quantitative estimate of drug-likeness (QED) is 0.298. The zero-order valence-electron chi connectivity index (χ0n) is 17.7. The SMILES string of the molecule is Cc1ccc(C)c(OCC(=O)O)c1.O=C(O)c1cc(C(=O)O)c(C(=O)O)cc1C(=O)O.O=[PH2]O. The van der Waals surface area contributed by atoms with Crippen LogP contribution in [0.3, 0.4) is 0 Å². The molecule has 0 saturated carbocycles. The largest absolute Gasteiger partial charge is 0.482 e. The van der Waals surface area contributed by atoms with Gasteiger partial charge in [0.05, 0.1) is 22.3 Å². The van der Waals surface area contributed by atoms with Gasteiger partial charge in [-0.2, -0.15) is 0 Å². The van der Waals surface area contributed by atoms with E-state index in [2.05, 4.69) is 0 Å². The molecule has 0 amide bonds. The zero-order valence-corrected chi connectivity index (χ0v) is 18.9. The molecule has 1 unspecified atom stereocenters. The average Bonchev–Trinajstić information content (AvgIpc) is 2.74. The highest BCUT2D eigenvalue weighted by molar-refractivity contribution is 7.16. The fourth-order valence-electron chi connectivity index (χ4n) is 2.31. The van der Waals surface area contributed by atoms with Crippen LogP contribution in [0.15, 0.2) is 30.3 Å². The Bertz CT molecular complexity index is 1010. The van der Waals surface area contributed by atoms with E-state index in [4.69, 9.17) is 39.7 Å². The summed E-state index contributed by atoms with van der Waals surface area (Å²) < 4.78 is 13.6. The van der Waals surface area contributed by atoms with Crippen LogP contribution in [0.25, 0.3) is 0 Å². The first-order valence-electron chi connectivity index (χ1n) is 8.87. The lowest BCUT2D eigenvalue weighted by Crippen LogP contribution is -2.15. The summed E-state index contributed by atoms with van der Waals surface area (Å²) in [6, 6.07) is 6.73. The Balaban J connectivity index is 0.000000597. The molecule has 0 aliphatic rings. The molecular formula is C20H21O13P. The summed E-state index contributed by atoms with van der Waals surface area (Å²) in [6.07, 6.45) is 0. The minimum Gasteiger partial charge on any atom is -0.482 e. The maximum atomic E-state index is 10.8. The fourth-order valence-corrected chi connectivity index (χ4v) is 2.31. The van der Waals surface area contributed by atoms with Crippen molar-refractivity contribution in [2.24, 2.45) is 0 Å². The maximum absolute atomic E-state index is 10.8. The van der Waals surface area contributed by atoms with Crippen LogP contribution in [-0.2, 0) is 9.36 Å². The van der Waals surface area contributed by atoms with E-state index in [1.165, 1.54) is 0 Å². The van der Waals surface area contributed by atoms with Crippen molar-refractivity contribution in [2.45, 2.75) is 13.8 Å². The van der Waals surface area contributed by atoms with E-state index in [9.17, 15) is 24.0 Å². The Morgan fingerprint density at radius 2 is 1.09 bits per heavy atom. The highest BCUT2D eigenvalue weighted by atomic mass is 31.1. The van der Waals surface area contributed by atoms with Crippen molar-refractivity contribution in [3.63, 3.8) is 0 Å². The lowest BCUT2D eigenvalue weighted by molar-refractivity contribution is -0.139. The van der Waals surface area contributed by atoms with Crippen molar-refractivity contribution < 1.29 is 63.7 Å². The summed E-state index contributed by atoms with van der Waals surface area (Å²) in [5, 5.41) is 43.4. The molecule has 0 aliphatic carbocycles. The van der Waals surface area contributed by atoms with Crippen LogP contribution in [0.4, 0.5) is 0 Å². The van der Waals surface area contributed by atoms with Gasteiger partial charge in [-0.1, -0.05) is 12.1 Å². The van der Waals surface area contributed by atoms with E-state index in [0.717, 1.165) is 11.1 Å². The highest BCUT2D eigenvalue weighted by Crippen LogP contribution is 2.19. The summed E-state index contributed by atoms with van der Waals surface area (Å²) in [4.78, 5) is 60.5. The van der Waals surface area contributed by atoms with Crippen molar-refractivity contribution in [2.75, 3.05) is 6.61 Å². The number of ether oxygens (including phenoxy) is 1. The number of hydrogen-bond acceptors (Lipinski definition) is 7. The van der Waals surface area contributed by atoms with E-state index < -0.39 is 60.8 Å². The predicted octanol–water partition coefficient (Wildman–Crippen LogP) is 1.90. The molecule has 34 heavy (non-hydrogen) atoms. The number of hydrogen-bond donors (Lipinski definition) is 6. The third-order valence-electron chi connectivity index (χ3n) is 3.77. The van der Waals surface area contributed by atoms with Crippen LogP contribution in [-0.4, -0.2) is 66.9 Å². The summed E-state index contributed by atoms with van der Waals surface area (Å²) >= 11 is 0. The van der Waals surface area contributed by atoms with Crippen LogP contribution >= 0.6 is 8.69 Å². The highest BCUT2D eigenvalue weighted by Gasteiger charge is 2.24. The Kier molecular flexibility index (Phi) is 12.3. The molecule has 2 aromatic carbocycles. The molecule has 0 saturated heterocycles. The topological polar surface area (TPSA) is 233 Å². The second-order valence-corrected chi connectivity index (χ2v) is 6.43. The Hall–Kier alpha value is -4.22. The van der Waals surface area contributed by atoms with Gasteiger partial charge in [-0.15, -0.1) is 0 Å². The molecule has 0 radical (unpaired) electrons. The van der Waals surface area contributed by atoms with Crippen molar-refractivity contribution in [3.05, 3.63) is 63.7 Å². The number of benzene rings is 2. The maximum Gasteiger partial charge on any atom is 0.341 e. The molecule has 13 nitrogen and oxygen atoms in total. The number of aliphatic carboxylic acids is 1. The standard InChI is InChI=1S/C10H6O8.C10H12O3.H3O2P/c11-7(12)3-1-4(8(13)14)6(10(17)18)2-5(3)9(15)16;1-7-3-4-8(2)9(5-7)13-6-10(11)12;1-3-2/h1-2H,(H,11,12)(H,13,14)(H,15,16)(H,17,18);3-5H,6H2,1-2H3,(H,11,12);3H2,(H,1,2). The summed E-state index contributed by atoms with van der Waals surface area (Å²) in [7, 11) is -1.50. The number of aromatic carboxylic acids is 4. The van der Waals surface area contributed by atoms with Gasteiger partial charge in [0.2, 0.25) is 0 Å². The Morgan fingerprint density at radius 1 is 0.735 bits per heavy atom. The van der Waals surface area contributed by atoms with Crippen LogP contribution in [0.5, 0.6) is 5.75 Å². The van der Waals surface area contributed by atoms with Gasteiger partial charge in [-0.25, -0.2) is 24.0 Å². The second-order valence-electron chi connectivity index (χ2n) is 6.22. The van der Waals surface area contributed by atoms with E-state index in [0.29, 0.717) is 17.9 Å². The molecule has 0 spiro atoms. The number of carbonyl (C=O) groups is 5. The van der Waals surface area contributed by atoms with E-state index in [1.54, 1.807) is 0 Å². The third-order valence-corrected chi connectivity index (χ3v) is 3.77. The molecule has 184 valence electrons. The first-order valence-corrected chi connectivity index (χ1v) is 9.86. The van der Waals surface area contributed by atoms with Crippen molar-refractivity contribution in [1.82, 2.24) is 0 Å². The summed E-state index contributed by atoms with van der Waals surface area (Å²) in [5.74, 6) is -6.96. The minimum absolute atomic E-state index is 0.287. The summed E-state index contributed by atoms with van der Waals surface area (Å²) in [5.41, 5.74) is -1.14. The first kappa shape index (κ1) is 29.8. The van der Waals surface area contributed by atoms with Gasteiger partial charge in [-0.05, 0) is 43.2 Å². The van der Waals surface area contributed by atoms with Crippen LogP contribution in [0, 0.1) is 13.8 Å². The van der Waals surface area contributed by atoms with Crippen molar-refractivity contribution >= 4 is 38.5 Å². The number of rotatable bonds is 7. The first-order chi connectivity index (χ1) is 15.8. The van der Waals surface area contributed by atoms with Gasteiger partial charge in [0.15, 0.2) is 15.3 Å². The van der Waals surface area contributed by atoms with Crippen LogP contribution in [0.1, 0.15) is 52.6 Å². The molecule has 6 N–H and O–H groups in total. The zero-order chi connectivity index (χ0) is 26.6. The lowest BCUT2D eigenvalue weighted by atomic mass is 9.98. The number of carboxylic acids is 5. The monoisotopic (exact) mass is 500 g/mol. The normalized spacial score (nSPS) is 9.74. The number of aryl methyl sites for hydroxylation is 2. The Morgan fingerprint density at radius 3 is 1.38 bits per heavy atom. The van der Waals surface area contributed by atoms with Crippen LogP contribution in [0.2, 0.25) is 0 Å². The second kappa shape index (κ2) is 14.0. The van der Waals surface area contributed by atoms with Gasteiger partial charge >= 0.3 is 29.8 Å². The van der Waals surface area contributed by atoms with E-state index in [-0.39, 0.29) is 6.61 Å². The van der Waals surface area contributed by atoms with Gasteiger partial charge in [-0.3, -0.25) is 4.57 Å². The van der Waals surface area contributed by atoms with Gasteiger partial charge < -0.3 is 35.2 Å². The van der Waals surface area contributed by atoms with Crippen molar-refractivity contribution in [3.8, 4) is 5.75 Å². The summed E-state index contributed by atoms with van der Waals surface area (Å²) in [6.45, 7) is 3.54. The number of carboxylic acid groups (broad SMARTS) is 5. The molecule has 2 rings (SSSR count). The third kappa shape index (κ3) is 9.51. The predicted molar refractivity (Wildman–Crippen MR) is 116 cm³/mol. The average molecular weight is 500 g/mol. The van der Waals surface area contributed by atoms with Gasteiger partial charge in [0, 0.05) is 0 Å². The molecule has 0 aromatic heterocycles. The lowest BCUT2D eigenvalue weighted by Gasteiger charge is -2.07. The molecule has 14 heteroatoms. The van der Waals surface area contributed by atoms with E-state index in [1.807, 2.05) is 32.0 Å². The Labute approximate surface area is 192 Å². The fraction of sp³-hybridized carbons (Fsp3) is 0.150. The molecule has 0 heterocycles. The van der Waals surface area contributed by atoms with Gasteiger partial charge in [0.25, 0.3) is 0 Å². The van der Waals surface area contributed by atoms with Crippen molar-refractivity contribution in [1.29, 1.82) is 0 Å². The molecule has 1 atom stereocenters. The molecule has 2 aromatic rings. The molecule has 0 fully saturated rings.